The van der Waals surface area contributed by atoms with E-state index in [1.807, 2.05) is 39.8 Å². The SMILES string of the molecule is CCN(c1cccc2c1C/C=C/CCc1cc(C)nc(OC)c1CNC2=O)C1CC2(C1)CC(N(C(=O)O)C(C)(C)C)C2. The van der Waals surface area contributed by atoms with Gasteiger partial charge in [0.25, 0.3) is 5.91 Å². The number of nitrogens with zero attached hydrogens (tertiary/aromatic N) is 3. The Balaban J connectivity index is 1.35. The van der Waals surface area contributed by atoms with E-state index in [4.69, 9.17) is 4.74 Å². The van der Waals surface area contributed by atoms with Crippen LogP contribution in [-0.4, -0.2) is 58.3 Å². The Morgan fingerprint density at radius 3 is 2.50 bits per heavy atom. The summed E-state index contributed by atoms with van der Waals surface area (Å²) in [5.74, 6) is 0.483. The standard InChI is InChI=1S/C34H46N4O4/c1-7-37(24-17-34(18-24)19-25(20-34)38(32(40)41)33(3,4)5)29-15-11-14-27-26(29)13-10-8-9-12-23-16-22(2)36-31(42-6)28(23)21-35-30(27)39/h8,10-11,14-16,24-25H,7,9,12-13,17-21H2,1-6H3,(H,35,39)(H,40,41)/b10-8+. The van der Waals surface area contributed by atoms with Crippen LogP contribution in [0, 0.1) is 12.3 Å². The van der Waals surface area contributed by atoms with Crippen molar-refractivity contribution in [2.45, 2.75) is 104 Å². The molecule has 0 unspecified atom stereocenters. The molecule has 2 saturated carbocycles. The summed E-state index contributed by atoms with van der Waals surface area (Å²) in [5.41, 5.74) is 5.71. The zero-order chi connectivity index (χ0) is 30.2. The van der Waals surface area contributed by atoms with E-state index in [2.05, 4.69) is 46.4 Å². The summed E-state index contributed by atoms with van der Waals surface area (Å²) in [6, 6.07) is 8.64. The molecule has 0 radical (unpaired) electrons. The molecule has 42 heavy (non-hydrogen) atoms. The summed E-state index contributed by atoms with van der Waals surface area (Å²) in [6.07, 6.45) is 10.0. The molecule has 5 rings (SSSR count). The molecule has 0 saturated heterocycles. The number of hydrogen-bond donors (Lipinski definition) is 2. The third-order valence-electron chi connectivity index (χ3n) is 9.45. The van der Waals surface area contributed by atoms with Crippen LogP contribution in [0.4, 0.5) is 10.5 Å². The average molecular weight is 575 g/mol. The topological polar surface area (TPSA) is 95.0 Å². The normalized spacial score (nSPS) is 24.5. The number of ether oxygens (including phenoxy) is 1. The van der Waals surface area contributed by atoms with Gasteiger partial charge >= 0.3 is 6.09 Å². The highest BCUT2D eigenvalue weighted by Crippen LogP contribution is 2.59. The van der Waals surface area contributed by atoms with Gasteiger partial charge in [-0.25, -0.2) is 9.78 Å². The van der Waals surface area contributed by atoms with Crippen LogP contribution in [0.5, 0.6) is 5.88 Å². The zero-order valence-electron chi connectivity index (χ0n) is 26.0. The molecule has 2 heterocycles. The molecule has 2 fully saturated rings. The average Bonchev–Trinajstić information content (AvgIpc) is 2.88. The molecule has 8 heteroatoms. The Hall–Kier alpha value is -3.55. The number of methoxy groups -OCH3 is 1. The second-order valence-corrected chi connectivity index (χ2v) is 13.3. The highest BCUT2D eigenvalue weighted by molar-refractivity contribution is 5.97. The number of hydrogen-bond acceptors (Lipinski definition) is 5. The number of anilines is 1. The van der Waals surface area contributed by atoms with Gasteiger partial charge in [0.1, 0.15) is 0 Å². The van der Waals surface area contributed by atoms with Gasteiger partial charge in [-0.05, 0) is 114 Å². The fraction of sp³-hybridized carbons (Fsp3) is 0.559. The highest BCUT2D eigenvalue weighted by atomic mass is 16.5. The lowest BCUT2D eigenvalue weighted by Gasteiger charge is -2.63. The van der Waals surface area contributed by atoms with Gasteiger partial charge < -0.3 is 25.0 Å². The van der Waals surface area contributed by atoms with E-state index in [0.717, 1.165) is 73.1 Å². The van der Waals surface area contributed by atoms with E-state index < -0.39 is 11.6 Å². The number of aryl methyl sites for hydroxylation is 2. The minimum absolute atomic E-state index is 0.0895. The van der Waals surface area contributed by atoms with Crippen LogP contribution in [0.1, 0.15) is 92.5 Å². The predicted molar refractivity (Wildman–Crippen MR) is 165 cm³/mol. The number of pyridine rings is 1. The summed E-state index contributed by atoms with van der Waals surface area (Å²) in [5, 5.41) is 13.0. The van der Waals surface area contributed by atoms with Crippen molar-refractivity contribution >= 4 is 17.7 Å². The fourth-order valence-corrected chi connectivity index (χ4v) is 7.64. The van der Waals surface area contributed by atoms with Gasteiger partial charge in [0, 0.05) is 53.2 Å². The first-order chi connectivity index (χ1) is 20.0. The molecule has 0 bridgehead atoms. The molecule has 2 amide bonds. The van der Waals surface area contributed by atoms with Crippen LogP contribution >= 0.6 is 0 Å². The van der Waals surface area contributed by atoms with Crippen molar-refractivity contribution in [1.82, 2.24) is 15.2 Å². The van der Waals surface area contributed by atoms with Crippen LogP contribution < -0.4 is 15.0 Å². The molecule has 2 aromatic rings. The number of allylic oxidation sites excluding steroid dienone is 2. The predicted octanol–water partition coefficient (Wildman–Crippen LogP) is 6.29. The molecule has 0 atom stereocenters. The summed E-state index contributed by atoms with van der Waals surface area (Å²) in [4.78, 5) is 34.3. The lowest BCUT2D eigenvalue weighted by Crippen LogP contribution is -2.64. The molecular weight excluding hydrogens is 528 g/mol. The summed E-state index contributed by atoms with van der Waals surface area (Å²) in [7, 11) is 1.63. The van der Waals surface area contributed by atoms with Crippen LogP contribution in [0.2, 0.25) is 0 Å². The summed E-state index contributed by atoms with van der Waals surface area (Å²) >= 11 is 0. The van der Waals surface area contributed by atoms with E-state index in [1.165, 1.54) is 0 Å². The van der Waals surface area contributed by atoms with Crippen molar-refractivity contribution in [1.29, 1.82) is 0 Å². The van der Waals surface area contributed by atoms with E-state index in [0.29, 0.717) is 30.5 Å². The number of fused-ring (bicyclic) bond motifs is 2. The fourth-order valence-electron chi connectivity index (χ4n) is 7.64. The van der Waals surface area contributed by atoms with E-state index in [9.17, 15) is 14.7 Å². The van der Waals surface area contributed by atoms with Gasteiger partial charge in [-0.1, -0.05) is 18.2 Å². The maximum Gasteiger partial charge on any atom is 0.407 e. The second kappa shape index (κ2) is 11.6. The summed E-state index contributed by atoms with van der Waals surface area (Å²) in [6.45, 7) is 11.3. The highest BCUT2D eigenvalue weighted by Gasteiger charge is 2.57. The lowest BCUT2D eigenvalue weighted by atomic mass is 9.51. The Morgan fingerprint density at radius 2 is 1.86 bits per heavy atom. The zero-order valence-corrected chi connectivity index (χ0v) is 26.0. The van der Waals surface area contributed by atoms with Crippen molar-refractivity contribution in [2.75, 3.05) is 18.6 Å². The van der Waals surface area contributed by atoms with Gasteiger partial charge in [0.05, 0.1) is 7.11 Å². The van der Waals surface area contributed by atoms with Crippen LogP contribution in [-0.2, 0) is 19.4 Å². The van der Waals surface area contributed by atoms with Crippen molar-refractivity contribution in [2.24, 2.45) is 5.41 Å². The number of carboxylic acid groups (broad SMARTS) is 1. The molecular formula is C34H46N4O4. The summed E-state index contributed by atoms with van der Waals surface area (Å²) < 4.78 is 5.59. The third-order valence-corrected chi connectivity index (χ3v) is 9.45. The molecule has 3 aliphatic rings. The van der Waals surface area contributed by atoms with Gasteiger partial charge in [-0.2, -0.15) is 0 Å². The number of aromatic nitrogens is 1. The largest absolute Gasteiger partial charge is 0.481 e. The van der Waals surface area contributed by atoms with E-state index in [1.54, 1.807) is 12.0 Å². The maximum absolute atomic E-state index is 13.6. The first-order valence-corrected chi connectivity index (χ1v) is 15.3. The minimum atomic E-state index is -0.825. The van der Waals surface area contributed by atoms with Crippen LogP contribution in [0.15, 0.2) is 36.4 Å². The molecule has 1 aromatic carbocycles. The molecule has 1 aromatic heterocycles. The second-order valence-electron chi connectivity index (χ2n) is 13.3. The molecule has 1 spiro atoms. The van der Waals surface area contributed by atoms with Crippen LogP contribution in [0.25, 0.3) is 0 Å². The van der Waals surface area contributed by atoms with Gasteiger partial charge in [0.15, 0.2) is 0 Å². The lowest BCUT2D eigenvalue weighted by molar-refractivity contribution is -0.0800. The number of amides is 2. The Morgan fingerprint density at radius 1 is 1.14 bits per heavy atom. The van der Waals surface area contributed by atoms with Gasteiger partial charge in [-0.15, -0.1) is 0 Å². The Kier molecular flexibility index (Phi) is 8.28. The van der Waals surface area contributed by atoms with Gasteiger partial charge in [-0.3, -0.25) is 4.79 Å². The van der Waals surface area contributed by atoms with Gasteiger partial charge in [0.2, 0.25) is 5.88 Å². The third kappa shape index (κ3) is 5.72. The number of benzene rings is 1. The number of nitrogens with one attached hydrogen (secondary N) is 1. The molecule has 2 N–H and O–H groups in total. The van der Waals surface area contributed by atoms with Crippen molar-refractivity contribution in [3.05, 3.63) is 64.4 Å². The molecule has 2 aliphatic carbocycles. The minimum Gasteiger partial charge on any atom is -0.481 e. The maximum atomic E-state index is 13.6. The van der Waals surface area contributed by atoms with E-state index >= 15 is 0 Å². The Bertz CT molecular complexity index is 1360. The van der Waals surface area contributed by atoms with E-state index in [-0.39, 0.29) is 17.4 Å². The number of carbonyl (C=O) groups excluding carboxylic acids is 1. The van der Waals surface area contributed by atoms with Crippen molar-refractivity contribution in [3.8, 4) is 5.88 Å². The Labute approximate surface area is 250 Å². The monoisotopic (exact) mass is 574 g/mol. The van der Waals surface area contributed by atoms with Crippen molar-refractivity contribution < 1.29 is 19.4 Å². The smallest absolute Gasteiger partial charge is 0.407 e. The number of carbonyl (C=O) groups is 2. The first kappa shape index (κ1) is 29.9. The van der Waals surface area contributed by atoms with Crippen molar-refractivity contribution in [3.63, 3.8) is 0 Å². The number of rotatable bonds is 5. The van der Waals surface area contributed by atoms with Crippen LogP contribution in [0.3, 0.4) is 0 Å². The molecule has 226 valence electrons. The molecule has 1 aliphatic heterocycles. The quantitative estimate of drug-likeness (QED) is 0.408. The first-order valence-electron chi connectivity index (χ1n) is 15.3. The molecule has 8 nitrogen and oxygen atoms in total.